The van der Waals surface area contributed by atoms with Crippen molar-refractivity contribution in [3.05, 3.63) is 94.0 Å². The van der Waals surface area contributed by atoms with E-state index in [1.807, 2.05) is 6.07 Å². The van der Waals surface area contributed by atoms with Gasteiger partial charge in [0.15, 0.2) is 0 Å². The number of nitrogen functional groups attached to an aromatic ring is 1. The molecule has 0 aliphatic carbocycles. The van der Waals surface area contributed by atoms with E-state index in [4.69, 9.17) is 26.7 Å². The topological polar surface area (TPSA) is 168 Å². The number of nitrogens with zero attached hydrogens (tertiary/aromatic N) is 2. The van der Waals surface area contributed by atoms with Crippen molar-refractivity contribution in [2.24, 2.45) is 5.73 Å². The van der Waals surface area contributed by atoms with Crippen LogP contribution in [-0.2, 0) is 6.54 Å². The first-order valence-corrected chi connectivity index (χ1v) is 10.1. The van der Waals surface area contributed by atoms with E-state index >= 15 is 0 Å². The van der Waals surface area contributed by atoms with Gasteiger partial charge in [-0.15, -0.1) is 0 Å². The molecule has 4 aromatic rings. The van der Waals surface area contributed by atoms with Gasteiger partial charge in [-0.1, -0.05) is 30.3 Å². The largest absolute Gasteiger partial charge is 0.458 e. The van der Waals surface area contributed by atoms with Crippen molar-refractivity contribution < 1.29 is 8.81 Å². The summed E-state index contributed by atoms with van der Waals surface area (Å²) in [5.74, 6) is -0.0483. The molecular formula is C24H20FN7O2. The van der Waals surface area contributed by atoms with Gasteiger partial charge < -0.3 is 26.6 Å². The van der Waals surface area contributed by atoms with Crippen LogP contribution >= 0.6 is 0 Å². The summed E-state index contributed by atoms with van der Waals surface area (Å²) in [5, 5.41) is 19.0. The van der Waals surface area contributed by atoms with Crippen LogP contribution in [0.1, 0.15) is 11.3 Å². The van der Waals surface area contributed by atoms with Gasteiger partial charge in [0.25, 0.3) is 0 Å². The lowest BCUT2D eigenvalue weighted by Gasteiger charge is -2.15. The van der Waals surface area contributed by atoms with E-state index in [-0.39, 0.29) is 62.8 Å². The summed E-state index contributed by atoms with van der Waals surface area (Å²) in [7, 11) is 0. The molecule has 10 heteroatoms. The Hall–Kier alpha value is -4.86. The minimum Gasteiger partial charge on any atom is -0.458 e. The number of anilines is 2. The molecular weight excluding hydrogens is 437 g/mol. The summed E-state index contributed by atoms with van der Waals surface area (Å²) in [4.78, 5) is 21.4. The maximum absolute atomic E-state index is 13.8. The molecule has 0 aliphatic heterocycles. The molecule has 4 rings (SSSR count). The third-order valence-corrected chi connectivity index (χ3v) is 5.15. The molecule has 2 heterocycles. The van der Waals surface area contributed by atoms with E-state index < -0.39 is 5.82 Å². The number of hydrogen-bond acceptors (Lipinski definition) is 9. The predicted octanol–water partition coefficient (Wildman–Crippen LogP) is 3.44. The number of nitrogens with two attached hydrogens (primary N) is 2. The Labute approximate surface area is 193 Å². The normalized spacial score (nSPS) is 11.4. The van der Waals surface area contributed by atoms with Gasteiger partial charge in [0, 0.05) is 18.0 Å². The van der Waals surface area contributed by atoms with E-state index in [1.165, 1.54) is 18.5 Å². The molecule has 34 heavy (non-hydrogen) atoms. The fourth-order valence-electron chi connectivity index (χ4n) is 3.53. The third kappa shape index (κ3) is 4.11. The smallest absolute Gasteiger partial charge is 0.200 e. The van der Waals surface area contributed by atoms with Gasteiger partial charge in [-0.25, -0.2) is 14.4 Å². The van der Waals surface area contributed by atoms with Crippen LogP contribution in [0.2, 0.25) is 0 Å². The van der Waals surface area contributed by atoms with E-state index in [0.29, 0.717) is 5.56 Å². The molecule has 7 N–H and O–H groups in total. The molecule has 0 bridgehead atoms. The van der Waals surface area contributed by atoms with Gasteiger partial charge in [0.2, 0.25) is 5.43 Å². The highest BCUT2D eigenvalue weighted by molar-refractivity contribution is 6.25. The van der Waals surface area contributed by atoms with Gasteiger partial charge in [-0.05, 0) is 23.8 Å². The second-order valence-corrected chi connectivity index (χ2v) is 7.21. The molecule has 9 nitrogen and oxygen atoms in total. The molecule has 0 atom stereocenters. The van der Waals surface area contributed by atoms with Crippen LogP contribution in [0.25, 0.3) is 22.1 Å². The van der Waals surface area contributed by atoms with Crippen molar-refractivity contribution >= 4 is 34.5 Å². The summed E-state index contributed by atoms with van der Waals surface area (Å²) < 4.78 is 19.8. The second-order valence-electron chi connectivity index (χ2n) is 7.21. The van der Waals surface area contributed by atoms with Crippen molar-refractivity contribution in [3.8, 4) is 11.1 Å². The Bertz CT molecular complexity index is 1500. The van der Waals surface area contributed by atoms with Crippen LogP contribution in [-0.4, -0.2) is 21.9 Å². The highest BCUT2D eigenvalue weighted by Gasteiger charge is 2.20. The first-order valence-electron chi connectivity index (χ1n) is 10.1. The van der Waals surface area contributed by atoms with E-state index in [0.717, 1.165) is 18.5 Å². The number of benzene rings is 2. The van der Waals surface area contributed by atoms with Crippen LogP contribution in [0, 0.1) is 16.6 Å². The quantitative estimate of drug-likeness (QED) is 0.265. The zero-order valence-corrected chi connectivity index (χ0v) is 17.8. The third-order valence-electron chi connectivity index (χ3n) is 5.15. The number of rotatable bonds is 7. The maximum atomic E-state index is 13.8. The molecule has 0 saturated carbocycles. The molecule has 170 valence electrons. The van der Waals surface area contributed by atoms with E-state index in [1.54, 1.807) is 24.3 Å². The summed E-state index contributed by atoms with van der Waals surface area (Å²) >= 11 is 0. The number of halogens is 1. The van der Waals surface area contributed by atoms with Crippen molar-refractivity contribution in [2.45, 2.75) is 6.54 Å². The number of aromatic nitrogens is 2. The van der Waals surface area contributed by atoms with Gasteiger partial charge in [0.1, 0.15) is 35.1 Å². The number of allylic oxidation sites excluding steroid dienone is 1. The van der Waals surface area contributed by atoms with Crippen LogP contribution < -0.4 is 22.2 Å². The Morgan fingerprint density at radius 3 is 2.65 bits per heavy atom. The first kappa shape index (κ1) is 22.3. The molecule has 0 saturated heterocycles. The summed E-state index contributed by atoms with van der Waals surface area (Å²) in [5.41, 5.74) is 12.4. The van der Waals surface area contributed by atoms with Gasteiger partial charge >= 0.3 is 0 Å². The Morgan fingerprint density at radius 2 is 1.94 bits per heavy atom. The molecule has 0 fully saturated rings. The Morgan fingerprint density at radius 1 is 1.18 bits per heavy atom. The van der Waals surface area contributed by atoms with Crippen molar-refractivity contribution in [3.63, 3.8) is 0 Å². The summed E-state index contributed by atoms with van der Waals surface area (Å²) in [6.45, 7) is -0.00419. The molecule has 0 spiro atoms. The molecule has 0 radical (unpaired) electrons. The SMILES string of the molecule is N=CC(=CN)C(=N)c1c(N)ncnc1NCc1oc2ccc(F)cc2c(=O)c1-c1ccccc1. The number of fused-ring (bicyclic) bond motifs is 1. The Balaban J connectivity index is 1.82. The van der Waals surface area contributed by atoms with Crippen LogP contribution in [0.5, 0.6) is 0 Å². The molecule has 0 amide bonds. The number of nitrogens with one attached hydrogen (secondary N) is 3. The molecule has 0 aliphatic rings. The lowest BCUT2D eigenvalue weighted by atomic mass is 10.0. The number of hydrogen-bond donors (Lipinski definition) is 5. The van der Waals surface area contributed by atoms with E-state index in [9.17, 15) is 9.18 Å². The average Bonchev–Trinajstić information content (AvgIpc) is 2.84. The highest BCUT2D eigenvalue weighted by atomic mass is 19.1. The Kier molecular flexibility index (Phi) is 6.13. The highest BCUT2D eigenvalue weighted by Crippen LogP contribution is 2.27. The monoisotopic (exact) mass is 457 g/mol. The fourth-order valence-corrected chi connectivity index (χ4v) is 3.53. The van der Waals surface area contributed by atoms with Crippen LogP contribution in [0.4, 0.5) is 16.0 Å². The summed E-state index contributed by atoms with van der Waals surface area (Å²) in [6, 6.07) is 12.7. The van der Waals surface area contributed by atoms with Gasteiger partial charge in [0.05, 0.1) is 28.8 Å². The zero-order chi connectivity index (χ0) is 24.2. The minimum atomic E-state index is -0.542. The van der Waals surface area contributed by atoms with Gasteiger partial charge in [-0.2, -0.15) is 0 Å². The second kappa shape index (κ2) is 9.33. The fraction of sp³-hybridized carbons (Fsp3) is 0.0417. The average molecular weight is 457 g/mol. The van der Waals surface area contributed by atoms with Crippen LogP contribution in [0.15, 0.2) is 75.8 Å². The molecule has 2 aromatic heterocycles. The molecule has 2 aromatic carbocycles. The lowest BCUT2D eigenvalue weighted by Crippen LogP contribution is -2.17. The van der Waals surface area contributed by atoms with Crippen LogP contribution in [0.3, 0.4) is 0 Å². The maximum Gasteiger partial charge on any atom is 0.200 e. The van der Waals surface area contributed by atoms with Crippen molar-refractivity contribution in [2.75, 3.05) is 11.1 Å². The first-order chi connectivity index (χ1) is 16.4. The minimum absolute atomic E-state index is 0.00419. The van der Waals surface area contributed by atoms with Crippen molar-refractivity contribution in [1.29, 1.82) is 10.8 Å². The predicted molar refractivity (Wildman–Crippen MR) is 130 cm³/mol. The standard InChI is InChI=1S/C24H20FN7O2/c25-15-6-7-17-16(8-15)22(33)19(13-4-2-1-3-5-13)18(34-17)11-30-24-20(23(29)31-12-32-24)21(28)14(9-26)10-27/h1-10,12,26,28H,11,27H2,(H3,29,30,31,32). The summed E-state index contributed by atoms with van der Waals surface area (Å²) in [6.07, 6.45) is 3.26. The zero-order valence-electron chi connectivity index (χ0n) is 17.8. The van der Waals surface area contributed by atoms with E-state index in [2.05, 4.69) is 15.3 Å². The van der Waals surface area contributed by atoms with Crippen molar-refractivity contribution in [1.82, 2.24) is 9.97 Å². The lowest BCUT2D eigenvalue weighted by molar-refractivity contribution is 0.546. The molecule has 0 unspecified atom stereocenters. The van der Waals surface area contributed by atoms with Gasteiger partial charge in [-0.3, -0.25) is 10.2 Å².